The highest BCUT2D eigenvalue weighted by molar-refractivity contribution is 6.32. The molecule has 0 bridgehead atoms. The molecule has 1 aromatic carbocycles. The second kappa shape index (κ2) is 6.97. The molecule has 0 saturated heterocycles. The van der Waals surface area contributed by atoms with E-state index in [1.165, 1.54) is 12.4 Å². The number of hydrazone groups is 1. The molecule has 8 heteroatoms. The van der Waals surface area contributed by atoms with Crippen LogP contribution in [0.5, 0.6) is 11.5 Å². The van der Waals surface area contributed by atoms with Crippen LogP contribution in [-0.4, -0.2) is 35.3 Å². The average molecular weight is 369 g/mol. The predicted octanol–water partition coefficient (Wildman–Crippen LogP) is 2.82. The number of amides is 1. The van der Waals surface area contributed by atoms with Crippen molar-refractivity contribution in [2.75, 3.05) is 13.2 Å². The first-order chi connectivity index (χ1) is 12.7. The van der Waals surface area contributed by atoms with Crippen molar-refractivity contribution in [3.8, 4) is 11.5 Å². The molecule has 0 saturated carbocycles. The van der Waals surface area contributed by atoms with E-state index in [4.69, 9.17) is 21.1 Å². The van der Waals surface area contributed by atoms with Gasteiger partial charge in [-0.1, -0.05) is 11.6 Å². The first-order valence-corrected chi connectivity index (χ1v) is 8.22. The van der Waals surface area contributed by atoms with Crippen LogP contribution in [0, 0.1) is 0 Å². The van der Waals surface area contributed by atoms with Crippen molar-refractivity contribution in [3.63, 3.8) is 0 Å². The summed E-state index contributed by atoms with van der Waals surface area (Å²) in [5.41, 5.74) is 4.11. The molecule has 3 heterocycles. The summed E-state index contributed by atoms with van der Waals surface area (Å²) in [5.74, 6) is 0.956. The summed E-state index contributed by atoms with van der Waals surface area (Å²) >= 11 is 6.22. The van der Waals surface area contributed by atoms with Crippen LogP contribution in [0.2, 0.25) is 5.15 Å². The summed E-state index contributed by atoms with van der Waals surface area (Å²) in [6.07, 6.45) is 4.49. The highest BCUT2D eigenvalue weighted by atomic mass is 35.5. The van der Waals surface area contributed by atoms with Gasteiger partial charge in [-0.05, 0) is 24.3 Å². The maximum absolute atomic E-state index is 11.9. The monoisotopic (exact) mass is 368 g/mol. The number of carbonyl (C=O) groups excluding carboxylic acids is 1. The highest BCUT2D eigenvalue weighted by Gasteiger charge is 2.14. The largest absolute Gasteiger partial charge is 0.486 e. The molecule has 1 N–H and O–H groups in total. The quantitative estimate of drug-likeness (QED) is 0.436. The lowest BCUT2D eigenvalue weighted by Gasteiger charge is -2.18. The van der Waals surface area contributed by atoms with Crippen molar-refractivity contribution in [2.24, 2.45) is 5.10 Å². The molecule has 1 amide bonds. The molecule has 0 atom stereocenters. The number of nitrogens with zero attached hydrogens (tertiary/aromatic N) is 3. The molecule has 26 heavy (non-hydrogen) atoms. The fraction of sp³-hybridized carbons (Fsp3) is 0.111. The Morgan fingerprint density at radius 1 is 1.23 bits per heavy atom. The van der Waals surface area contributed by atoms with Gasteiger partial charge in [0.2, 0.25) is 0 Å². The van der Waals surface area contributed by atoms with E-state index in [0.717, 1.165) is 5.39 Å². The lowest BCUT2D eigenvalue weighted by Crippen LogP contribution is -2.17. The molecule has 0 fully saturated rings. The Morgan fingerprint density at radius 2 is 2.04 bits per heavy atom. The fourth-order valence-electron chi connectivity index (χ4n) is 2.52. The third kappa shape index (κ3) is 3.29. The van der Waals surface area contributed by atoms with Crippen LogP contribution >= 0.6 is 11.6 Å². The molecule has 3 aromatic rings. The number of ether oxygens (including phenoxy) is 2. The van der Waals surface area contributed by atoms with Crippen molar-refractivity contribution >= 4 is 34.6 Å². The lowest BCUT2D eigenvalue weighted by molar-refractivity contribution is 0.0955. The molecule has 0 radical (unpaired) electrons. The van der Waals surface area contributed by atoms with Gasteiger partial charge in [0.05, 0.1) is 17.3 Å². The minimum Gasteiger partial charge on any atom is -0.486 e. The molecule has 1 aliphatic heterocycles. The van der Waals surface area contributed by atoms with Gasteiger partial charge in [0.25, 0.3) is 5.91 Å². The lowest BCUT2D eigenvalue weighted by atomic mass is 10.1. The normalized spacial score (nSPS) is 13.1. The summed E-state index contributed by atoms with van der Waals surface area (Å²) in [7, 11) is 0. The number of carbonyl (C=O) groups is 1. The van der Waals surface area contributed by atoms with E-state index in [2.05, 4.69) is 20.5 Å². The zero-order chi connectivity index (χ0) is 17.9. The molecular formula is C18H13ClN4O3. The van der Waals surface area contributed by atoms with E-state index < -0.39 is 0 Å². The topological polar surface area (TPSA) is 85.7 Å². The number of benzene rings is 1. The zero-order valence-electron chi connectivity index (χ0n) is 13.5. The number of hydrogen-bond donors (Lipinski definition) is 1. The van der Waals surface area contributed by atoms with E-state index >= 15 is 0 Å². The Kier molecular flexibility index (Phi) is 4.37. The smallest absolute Gasteiger partial charge is 0.272 e. The number of pyridine rings is 2. The fourth-order valence-corrected chi connectivity index (χ4v) is 2.71. The molecule has 7 nitrogen and oxygen atoms in total. The number of nitrogens with one attached hydrogen (secondary N) is 1. The Labute approximate surface area is 153 Å². The van der Waals surface area contributed by atoms with Crippen LogP contribution in [0.4, 0.5) is 0 Å². The van der Waals surface area contributed by atoms with Crippen molar-refractivity contribution in [1.29, 1.82) is 0 Å². The molecule has 4 rings (SSSR count). The van der Waals surface area contributed by atoms with E-state index in [0.29, 0.717) is 41.4 Å². The second-order valence-electron chi connectivity index (χ2n) is 5.50. The third-order valence-corrected chi connectivity index (χ3v) is 4.06. The van der Waals surface area contributed by atoms with Gasteiger partial charge in [0.1, 0.15) is 18.4 Å². The van der Waals surface area contributed by atoms with E-state index in [9.17, 15) is 4.79 Å². The zero-order valence-corrected chi connectivity index (χ0v) is 14.2. The molecule has 0 unspecified atom stereocenters. The van der Waals surface area contributed by atoms with Crippen molar-refractivity contribution in [3.05, 3.63) is 59.0 Å². The first kappa shape index (κ1) is 16.3. The standard InChI is InChI=1S/C18H13ClN4O3/c19-17-13(10-21-23-18(24)11-2-1-3-20-9-11)6-12-7-15-16(8-14(12)22-17)26-5-4-25-15/h1-3,6-10H,4-5H2,(H,23,24). The van der Waals surface area contributed by atoms with Crippen LogP contribution in [0.1, 0.15) is 15.9 Å². The maximum Gasteiger partial charge on any atom is 0.272 e. The Balaban J connectivity index is 1.58. The number of hydrogen-bond acceptors (Lipinski definition) is 6. The summed E-state index contributed by atoms with van der Waals surface area (Å²) in [6, 6.07) is 8.78. The number of fused-ring (bicyclic) bond motifs is 2. The summed E-state index contributed by atoms with van der Waals surface area (Å²) < 4.78 is 11.1. The van der Waals surface area contributed by atoms with Crippen LogP contribution in [0.15, 0.2) is 47.8 Å². The minimum atomic E-state index is -0.362. The van der Waals surface area contributed by atoms with Crippen LogP contribution in [-0.2, 0) is 0 Å². The molecule has 130 valence electrons. The van der Waals surface area contributed by atoms with Gasteiger partial charge < -0.3 is 9.47 Å². The molecule has 0 spiro atoms. The third-order valence-electron chi connectivity index (χ3n) is 3.75. The highest BCUT2D eigenvalue weighted by Crippen LogP contribution is 2.34. The van der Waals surface area contributed by atoms with E-state index in [-0.39, 0.29) is 11.1 Å². The van der Waals surface area contributed by atoms with Crippen molar-refractivity contribution in [2.45, 2.75) is 0 Å². The molecular weight excluding hydrogens is 356 g/mol. The Bertz CT molecular complexity index is 1010. The predicted molar refractivity (Wildman–Crippen MR) is 97.0 cm³/mol. The molecule has 1 aliphatic rings. The van der Waals surface area contributed by atoms with Gasteiger partial charge in [-0.2, -0.15) is 5.10 Å². The minimum absolute atomic E-state index is 0.272. The van der Waals surface area contributed by atoms with Gasteiger partial charge in [-0.25, -0.2) is 10.4 Å². The van der Waals surface area contributed by atoms with Gasteiger partial charge in [0.15, 0.2) is 11.5 Å². The number of halogens is 1. The SMILES string of the molecule is O=C(NN=Cc1cc2cc3c(cc2nc1Cl)OCCO3)c1cccnc1. The molecule has 0 aliphatic carbocycles. The Hall–Kier alpha value is -3.19. The van der Waals surface area contributed by atoms with E-state index in [1.54, 1.807) is 24.4 Å². The average Bonchev–Trinajstić information content (AvgIpc) is 2.67. The summed E-state index contributed by atoms with van der Waals surface area (Å²) in [6.45, 7) is 1.02. The van der Waals surface area contributed by atoms with E-state index in [1.807, 2.05) is 12.1 Å². The van der Waals surface area contributed by atoms with Gasteiger partial charge >= 0.3 is 0 Å². The van der Waals surface area contributed by atoms with Crippen LogP contribution in [0.3, 0.4) is 0 Å². The first-order valence-electron chi connectivity index (χ1n) is 7.84. The van der Waals surface area contributed by atoms with Gasteiger partial charge in [-0.15, -0.1) is 0 Å². The number of rotatable bonds is 3. The van der Waals surface area contributed by atoms with Gasteiger partial charge in [-0.3, -0.25) is 9.78 Å². The summed E-state index contributed by atoms with van der Waals surface area (Å²) in [5, 5.41) is 5.04. The maximum atomic E-state index is 11.9. The second-order valence-corrected chi connectivity index (χ2v) is 5.86. The molecule has 2 aromatic heterocycles. The van der Waals surface area contributed by atoms with Gasteiger partial charge in [0, 0.05) is 29.4 Å². The van der Waals surface area contributed by atoms with Crippen LogP contribution < -0.4 is 14.9 Å². The van der Waals surface area contributed by atoms with Crippen molar-refractivity contribution < 1.29 is 14.3 Å². The number of aromatic nitrogens is 2. The van der Waals surface area contributed by atoms with Crippen molar-refractivity contribution in [1.82, 2.24) is 15.4 Å². The summed E-state index contributed by atoms with van der Waals surface area (Å²) in [4.78, 5) is 20.2. The Morgan fingerprint density at radius 3 is 2.81 bits per heavy atom. The van der Waals surface area contributed by atoms with Crippen LogP contribution in [0.25, 0.3) is 10.9 Å².